The molecule has 0 saturated carbocycles. The van der Waals surface area contributed by atoms with Crippen LogP contribution in [0.2, 0.25) is 0 Å². The molecule has 3 aromatic rings. The number of phenols is 1. The second-order valence-electron chi connectivity index (χ2n) is 8.01. The van der Waals surface area contributed by atoms with Crippen molar-refractivity contribution in [3.8, 4) is 11.4 Å². The van der Waals surface area contributed by atoms with Crippen LogP contribution in [-0.2, 0) is 0 Å². The van der Waals surface area contributed by atoms with Gasteiger partial charge in [-0.25, -0.2) is 0 Å². The van der Waals surface area contributed by atoms with E-state index in [4.69, 9.17) is 4.99 Å². The molecular formula is C24H26N4OS. The van der Waals surface area contributed by atoms with Crippen LogP contribution in [0.15, 0.2) is 59.7 Å². The van der Waals surface area contributed by atoms with Gasteiger partial charge in [-0.15, -0.1) is 0 Å². The molecule has 1 aromatic carbocycles. The Morgan fingerprint density at radius 1 is 1.13 bits per heavy atom. The summed E-state index contributed by atoms with van der Waals surface area (Å²) in [4.78, 5) is 12.3. The first kappa shape index (κ1) is 19.2. The fourth-order valence-corrected chi connectivity index (χ4v) is 6.11. The van der Waals surface area contributed by atoms with Crippen molar-refractivity contribution in [1.82, 2.24) is 14.5 Å². The lowest BCUT2D eigenvalue weighted by atomic mass is 9.95. The Balaban J connectivity index is 1.63. The molecule has 1 saturated heterocycles. The smallest absolute Gasteiger partial charge is 0.160 e. The van der Waals surface area contributed by atoms with Crippen molar-refractivity contribution in [3.63, 3.8) is 0 Å². The number of pyridine rings is 1. The average molecular weight is 419 g/mol. The minimum absolute atomic E-state index is 0.00295. The van der Waals surface area contributed by atoms with E-state index in [0.29, 0.717) is 6.04 Å². The molecule has 0 bridgehead atoms. The molecule has 0 amide bonds. The zero-order valence-electron chi connectivity index (χ0n) is 17.5. The topological polar surface area (TPSA) is 53.6 Å². The summed E-state index contributed by atoms with van der Waals surface area (Å²) < 4.78 is 2.27. The molecule has 6 heteroatoms. The van der Waals surface area contributed by atoms with Gasteiger partial charge in [0.1, 0.15) is 11.8 Å². The molecule has 30 heavy (non-hydrogen) atoms. The van der Waals surface area contributed by atoms with Gasteiger partial charge in [0, 0.05) is 35.1 Å². The second-order valence-corrected chi connectivity index (χ2v) is 9.00. The fraction of sp³-hybridized carbons (Fsp3) is 0.333. The number of fused-ring (bicyclic) bond motifs is 1. The molecule has 1 fully saturated rings. The number of rotatable bonds is 4. The Kier molecular flexibility index (Phi) is 4.82. The Bertz CT molecular complexity index is 1090. The number of aryl methyl sites for hydroxylation is 1. The lowest BCUT2D eigenvalue weighted by molar-refractivity contribution is 0.254. The van der Waals surface area contributed by atoms with E-state index in [2.05, 4.69) is 47.4 Å². The standard InChI is InChI=1S/C24H26N4OS/c1-4-17-14-30-24-26-22(21-7-5-6-12-25-21)23(28(17)24)20-13-15(2)27(16(20)3)18-8-10-19(29)11-9-18/h5-13,17,22-23,29H,4,14H2,1-3H3/t17-,22+,23+/m1/s1. The Hall–Kier alpha value is -2.73. The number of phenolic OH excluding ortho intramolecular Hbond substituents is 1. The molecule has 4 heterocycles. The summed E-state index contributed by atoms with van der Waals surface area (Å²) in [7, 11) is 0. The molecule has 5 rings (SSSR count). The van der Waals surface area contributed by atoms with E-state index in [1.165, 1.54) is 17.0 Å². The summed E-state index contributed by atoms with van der Waals surface area (Å²) >= 11 is 1.87. The first-order valence-electron chi connectivity index (χ1n) is 10.5. The molecule has 5 nitrogen and oxygen atoms in total. The lowest BCUT2D eigenvalue weighted by Gasteiger charge is -2.32. The van der Waals surface area contributed by atoms with Crippen molar-refractivity contribution in [3.05, 3.63) is 77.4 Å². The second kappa shape index (κ2) is 7.51. The third-order valence-electron chi connectivity index (χ3n) is 6.23. The van der Waals surface area contributed by atoms with Crippen molar-refractivity contribution in [2.45, 2.75) is 45.3 Å². The summed E-state index contributed by atoms with van der Waals surface area (Å²) in [6.45, 7) is 6.60. The molecule has 2 aliphatic rings. The van der Waals surface area contributed by atoms with Crippen molar-refractivity contribution in [2.75, 3.05) is 5.75 Å². The maximum Gasteiger partial charge on any atom is 0.160 e. The minimum atomic E-state index is -0.00295. The highest BCUT2D eigenvalue weighted by atomic mass is 32.2. The first-order chi connectivity index (χ1) is 14.6. The molecule has 1 N–H and O–H groups in total. The van der Waals surface area contributed by atoms with E-state index in [-0.39, 0.29) is 17.8 Å². The van der Waals surface area contributed by atoms with Crippen LogP contribution < -0.4 is 0 Å². The Morgan fingerprint density at radius 2 is 1.93 bits per heavy atom. The van der Waals surface area contributed by atoms with E-state index in [9.17, 15) is 5.11 Å². The highest BCUT2D eigenvalue weighted by molar-refractivity contribution is 8.14. The predicted octanol–water partition coefficient (Wildman–Crippen LogP) is 5.17. The largest absolute Gasteiger partial charge is 0.508 e. The molecule has 3 atom stereocenters. The summed E-state index contributed by atoms with van der Waals surface area (Å²) in [6, 6.07) is 16.4. The fourth-order valence-electron chi connectivity index (χ4n) is 4.77. The van der Waals surface area contributed by atoms with Gasteiger partial charge in [-0.05, 0) is 68.3 Å². The maximum atomic E-state index is 9.70. The SMILES string of the molecule is CC[C@@H]1CSC2=N[C@@H](c3ccccn3)[C@H](c3cc(C)n(-c4ccc(O)cc4)c3C)N21. The third-order valence-corrected chi connectivity index (χ3v) is 7.35. The molecule has 0 aliphatic carbocycles. The maximum absolute atomic E-state index is 9.70. The number of hydrogen-bond donors (Lipinski definition) is 1. The molecule has 154 valence electrons. The normalized spacial score (nSPS) is 23.0. The van der Waals surface area contributed by atoms with Gasteiger partial charge in [-0.1, -0.05) is 24.8 Å². The zero-order chi connectivity index (χ0) is 20.8. The Labute approximate surface area is 181 Å². The highest BCUT2D eigenvalue weighted by Crippen LogP contribution is 2.49. The van der Waals surface area contributed by atoms with Crippen LogP contribution in [0.1, 0.15) is 48.1 Å². The quantitative estimate of drug-likeness (QED) is 0.635. The number of benzene rings is 1. The van der Waals surface area contributed by atoms with Crippen LogP contribution >= 0.6 is 11.8 Å². The summed E-state index contributed by atoms with van der Waals surface area (Å²) in [5, 5.41) is 10.8. The van der Waals surface area contributed by atoms with Gasteiger partial charge >= 0.3 is 0 Å². The molecule has 0 unspecified atom stereocenters. The van der Waals surface area contributed by atoms with Crippen LogP contribution in [0.3, 0.4) is 0 Å². The third kappa shape index (κ3) is 3.01. The van der Waals surface area contributed by atoms with Gasteiger partial charge in [0.05, 0.1) is 11.7 Å². The van der Waals surface area contributed by atoms with Crippen LogP contribution in [0.5, 0.6) is 5.75 Å². The van der Waals surface area contributed by atoms with Crippen molar-refractivity contribution < 1.29 is 5.11 Å². The number of aromatic hydroxyl groups is 1. The van der Waals surface area contributed by atoms with Gasteiger partial charge in [0.15, 0.2) is 5.17 Å². The number of aliphatic imine (C=N–C) groups is 1. The van der Waals surface area contributed by atoms with E-state index in [0.717, 1.165) is 28.7 Å². The molecule has 0 spiro atoms. The van der Waals surface area contributed by atoms with E-state index < -0.39 is 0 Å². The van der Waals surface area contributed by atoms with Crippen molar-refractivity contribution in [1.29, 1.82) is 0 Å². The van der Waals surface area contributed by atoms with Crippen LogP contribution in [0.4, 0.5) is 0 Å². The minimum Gasteiger partial charge on any atom is -0.508 e. The van der Waals surface area contributed by atoms with E-state index >= 15 is 0 Å². The number of nitrogens with zero attached hydrogens (tertiary/aromatic N) is 4. The molecule has 2 aliphatic heterocycles. The highest BCUT2D eigenvalue weighted by Gasteiger charge is 2.46. The molecule has 2 aromatic heterocycles. The monoisotopic (exact) mass is 418 g/mol. The first-order valence-corrected chi connectivity index (χ1v) is 11.4. The molecule has 0 radical (unpaired) electrons. The average Bonchev–Trinajstić information content (AvgIpc) is 3.41. The van der Waals surface area contributed by atoms with E-state index in [1.807, 2.05) is 42.2 Å². The Morgan fingerprint density at radius 3 is 2.63 bits per heavy atom. The van der Waals surface area contributed by atoms with Gasteiger partial charge in [-0.2, -0.15) is 0 Å². The molecular weight excluding hydrogens is 392 g/mol. The van der Waals surface area contributed by atoms with E-state index in [1.54, 1.807) is 12.1 Å². The van der Waals surface area contributed by atoms with Gasteiger partial charge < -0.3 is 14.6 Å². The predicted molar refractivity (Wildman–Crippen MR) is 122 cm³/mol. The number of amidine groups is 1. The summed E-state index contributed by atoms with van der Waals surface area (Å²) in [5.74, 6) is 1.38. The van der Waals surface area contributed by atoms with Gasteiger partial charge in [-0.3, -0.25) is 9.98 Å². The van der Waals surface area contributed by atoms with Gasteiger partial charge in [0.25, 0.3) is 0 Å². The summed E-state index contributed by atoms with van der Waals surface area (Å²) in [6.07, 6.45) is 2.97. The van der Waals surface area contributed by atoms with Crippen molar-refractivity contribution in [2.24, 2.45) is 4.99 Å². The number of aromatic nitrogens is 2. The van der Waals surface area contributed by atoms with Crippen molar-refractivity contribution >= 4 is 16.9 Å². The summed E-state index contributed by atoms with van der Waals surface area (Å²) in [5.41, 5.74) is 5.78. The van der Waals surface area contributed by atoms with Crippen LogP contribution in [-0.4, -0.2) is 36.5 Å². The zero-order valence-corrected chi connectivity index (χ0v) is 18.3. The van der Waals surface area contributed by atoms with Gasteiger partial charge in [0.2, 0.25) is 0 Å². The number of hydrogen-bond acceptors (Lipinski definition) is 5. The number of thioether (sulfide) groups is 1. The van der Waals surface area contributed by atoms with Crippen LogP contribution in [0, 0.1) is 13.8 Å². The van der Waals surface area contributed by atoms with Crippen LogP contribution in [0.25, 0.3) is 5.69 Å². The lowest BCUT2D eigenvalue weighted by Crippen LogP contribution is -2.35.